The summed E-state index contributed by atoms with van der Waals surface area (Å²) < 4.78 is 5.35. The molecule has 0 aliphatic rings. The Bertz CT molecular complexity index is 491. The summed E-state index contributed by atoms with van der Waals surface area (Å²) in [6.45, 7) is 0. The second-order valence-electron chi connectivity index (χ2n) is 4.51. The maximum atomic E-state index is 6.20. The number of likely N-dealkylation sites (N-methyl/N-ethyl adjacent to an activating group) is 1. The van der Waals surface area contributed by atoms with Gasteiger partial charge in [-0.1, -0.05) is 29.3 Å². The summed E-state index contributed by atoms with van der Waals surface area (Å²) >= 11 is 12.4. The molecule has 0 bridgehead atoms. The second kappa shape index (κ2) is 6.99. The molecule has 1 heterocycles. The van der Waals surface area contributed by atoms with E-state index in [1.807, 2.05) is 37.4 Å². The van der Waals surface area contributed by atoms with Crippen LogP contribution in [0.2, 0.25) is 10.0 Å². The Morgan fingerprint density at radius 2 is 1.89 bits per heavy atom. The quantitative estimate of drug-likeness (QED) is 0.857. The molecule has 0 fully saturated rings. The van der Waals surface area contributed by atoms with Gasteiger partial charge in [0.15, 0.2) is 0 Å². The number of hydrogen-bond donors (Lipinski definition) is 1. The van der Waals surface area contributed by atoms with Crippen molar-refractivity contribution in [2.45, 2.75) is 25.3 Å². The molecular weight excluding hydrogens is 281 g/mol. The summed E-state index contributed by atoms with van der Waals surface area (Å²) in [6, 6.07) is 9.85. The van der Waals surface area contributed by atoms with Crippen LogP contribution in [0, 0.1) is 0 Å². The highest BCUT2D eigenvalue weighted by Gasteiger charge is 2.13. The van der Waals surface area contributed by atoms with E-state index in [-0.39, 0.29) is 0 Å². The molecule has 1 unspecified atom stereocenters. The normalized spacial score (nSPS) is 12.6. The van der Waals surface area contributed by atoms with Gasteiger partial charge in [0.1, 0.15) is 5.76 Å². The van der Waals surface area contributed by atoms with E-state index in [0.29, 0.717) is 6.04 Å². The molecule has 2 nitrogen and oxygen atoms in total. The van der Waals surface area contributed by atoms with Crippen molar-refractivity contribution in [3.63, 3.8) is 0 Å². The predicted octanol–water partition coefficient (Wildman–Crippen LogP) is 4.35. The summed E-state index contributed by atoms with van der Waals surface area (Å²) in [6.07, 6.45) is 4.40. The topological polar surface area (TPSA) is 25.2 Å². The molecule has 0 saturated carbocycles. The van der Waals surface area contributed by atoms with Crippen LogP contribution in [-0.2, 0) is 12.8 Å². The van der Waals surface area contributed by atoms with Crippen molar-refractivity contribution in [3.8, 4) is 0 Å². The lowest BCUT2D eigenvalue weighted by atomic mass is 10.0. The van der Waals surface area contributed by atoms with Crippen molar-refractivity contribution < 1.29 is 4.42 Å². The predicted molar refractivity (Wildman–Crippen MR) is 80.0 cm³/mol. The van der Waals surface area contributed by atoms with Gasteiger partial charge in [-0.15, -0.1) is 0 Å². The molecule has 2 aromatic rings. The van der Waals surface area contributed by atoms with Crippen LogP contribution in [0.15, 0.2) is 41.0 Å². The van der Waals surface area contributed by atoms with Gasteiger partial charge < -0.3 is 9.73 Å². The Morgan fingerprint density at radius 3 is 2.47 bits per heavy atom. The molecule has 0 aliphatic carbocycles. The van der Waals surface area contributed by atoms with Crippen molar-refractivity contribution in [1.82, 2.24) is 5.32 Å². The highest BCUT2D eigenvalue weighted by atomic mass is 35.5. The van der Waals surface area contributed by atoms with Crippen molar-refractivity contribution in [2.24, 2.45) is 0 Å². The van der Waals surface area contributed by atoms with Crippen LogP contribution >= 0.6 is 23.2 Å². The Kier molecular flexibility index (Phi) is 5.32. The van der Waals surface area contributed by atoms with E-state index in [1.54, 1.807) is 6.26 Å². The highest BCUT2D eigenvalue weighted by Crippen LogP contribution is 2.26. The van der Waals surface area contributed by atoms with Gasteiger partial charge in [-0.2, -0.15) is 0 Å². The third-order valence-corrected chi connectivity index (χ3v) is 3.95. The summed E-state index contributed by atoms with van der Waals surface area (Å²) in [5.74, 6) is 1.01. The Morgan fingerprint density at radius 1 is 1.16 bits per heavy atom. The molecule has 0 amide bonds. The van der Waals surface area contributed by atoms with Gasteiger partial charge in [0, 0.05) is 22.5 Å². The fourth-order valence-corrected chi connectivity index (χ4v) is 2.65. The molecule has 1 aromatic carbocycles. The number of nitrogens with one attached hydrogen (secondary N) is 1. The van der Waals surface area contributed by atoms with Crippen LogP contribution in [0.25, 0.3) is 0 Å². The zero-order valence-electron chi connectivity index (χ0n) is 10.8. The summed E-state index contributed by atoms with van der Waals surface area (Å²) in [5.41, 5.74) is 1.00. The van der Waals surface area contributed by atoms with E-state index in [4.69, 9.17) is 27.6 Å². The molecule has 0 aliphatic heterocycles. The molecule has 0 spiro atoms. The first-order valence-corrected chi connectivity index (χ1v) is 7.09. The first-order valence-electron chi connectivity index (χ1n) is 6.33. The van der Waals surface area contributed by atoms with E-state index in [9.17, 15) is 0 Å². The lowest BCUT2D eigenvalue weighted by molar-refractivity contribution is 0.460. The third-order valence-electron chi connectivity index (χ3n) is 3.24. The van der Waals surface area contributed by atoms with Gasteiger partial charge in [-0.3, -0.25) is 0 Å². The van der Waals surface area contributed by atoms with Gasteiger partial charge in [0.25, 0.3) is 0 Å². The monoisotopic (exact) mass is 297 g/mol. The van der Waals surface area contributed by atoms with Crippen LogP contribution in [0.4, 0.5) is 0 Å². The van der Waals surface area contributed by atoms with Crippen LogP contribution in [-0.4, -0.2) is 13.1 Å². The van der Waals surface area contributed by atoms with Crippen LogP contribution in [0.3, 0.4) is 0 Å². The molecule has 0 radical (unpaired) electrons. The van der Waals surface area contributed by atoms with Crippen molar-refractivity contribution >= 4 is 23.2 Å². The standard InChI is InChI=1S/C15H17Cl2NO/c1-18-11(7-8-12-4-3-9-19-12)10-13-14(16)5-2-6-15(13)17/h2-6,9,11,18H,7-8,10H2,1H3. The largest absolute Gasteiger partial charge is 0.469 e. The molecule has 2 rings (SSSR count). The van der Waals surface area contributed by atoms with Crippen LogP contribution in [0.5, 0.6) is 0 Å². The average molecular weight is 298 g/mol. The third kappa shape index (κ3) is 4.00. The molecule has 1 atom stereocenters. The summed E-state index contributed by atoms with van der Waals surface area (Å²) in [7, 11) is 1.96. The van der Waals surface area contributed by atoms with E-state index in [1.165, 1.54) is 0 Å². The number of hydrogen-bond acceptors (Lipinski definition) is 2. The van der Waals surface area contributed by atoms with Gasteiger partial charge in [0.05, 0.1) is 6.26 Å². The second-order valence-corrected chi connectivity index (χ2v) is 5.32. The smallest absolute Gasteiger partial charge is 0.103 e. The number of benzene rings is 1. The molecule has 0 saturated heterocycles. The Labute approximate surface area is 123 Å². The number of furan rings is 1. The van der Waals surface area contributed by atoms with Crippen LogP contribution < -0.4 is 5.32 Å². The zero-order chi connectivity index (χ0) is 13.7. The molecule has 1 aromatic heterocycles. The number of halogens is 2. The minimum atomic E-state index is 0.322. The van der Waals surface area contributed by atoms with Gasteiger partial charge in [0.2, 0.25) is 0 Å². The number of aryl methyl sites for hydroxylation is 1. The van der Waals surface area contributed by atoms with E-state index < -0.39 is 0 Å². The van der Waals surface area contributed by atoms with Gasteiger partial charge >= 0.3 is 0 Å². The Hall–Kier alpha value is -0.960. The van der Waals surface area contributed by atoms with Crippen molar-refractivity contribution in [2.75, 3.05) is 7.05 Å². The SMILES string of the molecule is CNC(CCc1ccco1)Cc1c(Cl)cccc1Cl. The van der Waals surface area contributed by atoms with Crippen LogP contribution in [0.1, 0.15) is 17.7 Å². The average Bonchev–Trinajstić information content (AvgIpc) is 2.91. The Balaban J connectivity index is 1.98. The highest BCUT2D eigenvalue weighted by molar-refractivity contribution is 6.35. The maximum absolute atomic E-state index is 6.20. The molecule has 1 N–H and O–H groups in total. The number of rotatable bonds is 6. The van der Waals surface area contributed by atoms with Crippen molar-refractivity contribution in [3.05, 3.63) is 58.0 Å². The molecule has 4 heteroatoms. The van der Waals surface area contributed by atoms with E-state index in [0.717, 1.165) is 40.6 Å². The fraction of sp³-hybridized carbons (Fsp3) is 0.333. The molecular formula is C15H17Cl2NO. The maximum Gasteiger partial charge on any atom is 0.103 e. The first-order chi connectivity index (χ1) is 9.20. The molecule has 19 heavy (non-hydrogen) atoms. The zero-order valence-corrected chi connectivity index (χ0v) is 12.3. The van der Waals surface area contributed by atoms with E-state index >= 15 is 0 Å². The summed E-state index contributed by atoms with van der Waals surface area (Å²) in [4.78, 5) is 0. The lowest BCUT2D eigenvalue weighted by Crippen LogP contribution is -2.28. The van der Waals surface area contributed by atoms with Gasteiger partial charge in [-0.25, -0.2) is 0 Å². The minimum absolute atomic E-state index is 0.322. The molecule has 102 valence electrons. The van der Waals surface area contributed by atoms with E-state index in [2.05, 4.69) is 5.32 Å². The fourth-order valence-electron chi connectivity index (χ4n) is 2.09. The first kappa shape index (κ1) is 14.4. The van der Waals surface area contributed by atoms with Gasteiger partial charge in [-0.05, 0) is 49.7 Å². The lowest BCUT2D eigenvalue weighted by Gasteiger charge is -2.17. The minimum Gasteiger partial charge on any atom is -0.469 e. The summed E-state index contributed by atoms with van der Waals surface area (Å²) in [5, 5.41) is 4.76. The van der Waals surface area contributed by atoms with Crippen molar-refractivity contribution in [1.29, 1.82) is 0 Å².